The van der Waals surface area contributed by atoms with Crippen molar-refractivity contribution in [3.63, 3.8) is 0 Å². The lowest BCUT2D eigenvalue weighted by Crippen LogP contribution is -2.45. The summed E-state index contributed by atoms with van der Waals surface area (Å²) < 4.78 is 5.17. The molecule has 2 aliphatic rings. The first-order valence-electron chi connectivity index (χ1n) is 3.82. The number of ether oxygens (including phenoxy) is 1. The van der Waals surface area contributed by atoms with E-state index in [-0.39, 0.29) is 11.6 Å². The maximum absolute atomic E-state index is 10.8. The van der Waals surface area contributed by atoms with E-state index >= 15 is 0 Å². The molecule has 0 radical (unpaired) electrons. The van der Waals surface area contributed by atoms with E-state index in [1.165, 1.54) is 6.08 Å². The van der Waals surface area contributed by atoms with Gasteiger partial charge in [-0.05, 0) is 18.9 Å². The average Bonchev–Trinajstić information content (AvgIpc) is 2.33. The number of carbonyl (C=O) groups excluding carboxylic acids is 1. The Morgan fingerprint density at radius 3 is 3.00 bits per heavy atom. The zero-order valence-corrected chi connectivity index (χ0v) is 6.25. The Bertz CT molecular complexity index is 242. The molecule has 1 aliphatic carbocycles. The van der Waals surface area contributed by atoms with Crippen LogP contribution >= 0.6 is 0 Å². The first-order valence-corrected chi connectivity index (χ1v) is 3.82. The highest BCUT2D eigenvalue weighted by atomic mass is 16.6. The van der Waals surface area contributed by atoms with E-state index < -0.39 is 0 Å². The summed E-state index contributed by atoms with van der Waals surface area (Å²) in [6, 6.07) is 0. The molecule has 1 spiro atoms. The van der Waals surface area contributed by atoms with Crippen molar-refractivity contribution in [2.24, 2.45) is 5.92 Å². The van der Waals surface area contributed by atoms with Crippen LogP contribution in [0.4, 0.5) is 0 Å². The Balaban J connectivity index is 2.19. The minimum Gasteiger partial charge on any atom is -0.451 e. The molecule has 2 atom stereocenters. The number of hydrogen-bond donors (Lipinski definition) is 0. The van der Waals surface area contributed by atoms with Crippen molar-refractivity contribution in [2.45, 2.75) is 18.4 Å². The van der Waals surface area contributed by atoms with Crippen molar-refractivity contribution in [1.29, 1.82) is 0 Å². The van der Waals surface area contributed by atoms with Crippen LogP contribution in [0, 0.1) is 5.92 Å². The monoisotopic (exact) mass is 150 g/mol. The van der Waals surface area contributed by atoms with Crippen LogP contribution < -0.4 is 0 Å². The molecular formula is C9H10O2. The van der Waals surface area contributed by atoms with Gasteiger partial charge in [-0.25, -0.2) is 4.79 Å². The minimum atomic E-state index is -0.293. The molecule has 1 fully saturated rings. The Labute approximate surface area is 65.5 Å². The molecule has 0 aromatic carbocycles. The fourth-order valence-electron chi connectivity index (χ4n) is 1.71. The second kappa shape index (κ2) is 1.97. The van der Waals surface area contributed by atoms with Gasteiger partial charge in [0.1, 0.15) is 5.60 Å². The van der Waals surface area contributed by atoms with Crippen LogP contribution in [0.2, 0.25) is 0 Å². The number of rotatable bonds is 1. The van der Waals surface area contributed by atoms with Crippen molar-refractivity contribution in [1.82, 2.24) is 0 Å². The van der Waals surface area contributed by atoms with Gasteiger partial charge >= 0.3 is 5.97 Å². The summed E-state index contributed by atoms with van der Waals surface area (Å²) in [5, 5.41) is 0. The Morgan fingerprint density at radius 1 is 1.82 bits per heavy atom. The topological polar surface area (TPSA) is 26.3 Å². The largest absolute Gasteiger partial charge is 0.451 e. The molecule has 0 aromatic rings. The second-order valence-electron chi connectivity index (χ2n) is 3.09. The highest BCUT2D eigenvalue weighted by Crippen LogP contribution is 2.45. The molecule has 2 rings (SSSR count). The molecule has 0 saturated heterocycles. The van der Waals surface area contributed by atoms with Crippen LogP contribution in [-0.4, -0.2) is 11.6 Å². The second-order valence-corrected chi connectivity index (χ2v) is 3.09. The third kappa shape index (κ3) is 0.754. The van der Waals surface area contributed by atoms with Crippen LogP contribution in [0.1, 0.15) is 12.8 Å². The molecule has 1 heterocycles. The molecule has 2 heteroatoms. The van der Waals surface area contributed by atoms with Gasteiger partial charge in [0.25, 0.3) is 0 Å². The normalized spacial score (nSPS) is 40.4. The predicted octanol–water partition coefficient (Wildman–Crippen LogP) is 1.43. The molecule has 0 N–H and O–H groups in total. The number of carbonyl (C=O) groups is 1. The molecule has 0 amide bonds. The van der Waals surface area contributed by atoms with Crippen LogP contribution in [0.3, 0.4) is 0 Å². The van der Waals surface area contributed by atoms with Gasteiger partial charge in [0.2, 0.25) is 0 Å². The van der Waals surface area contributed by atoms with Crippen LogP contribution in [0.15, 0.2) is 24.8 Å². The molecule has 0 aromatic heterocycles. The molecule has 58 valence electrons. The fraction of sp³-hybridized carbons (Fsp3) is 0.444. The van der Waals surface area contributed by atoms with E-state index in [4.69, 9.17) is 4.74 Å². The fourth-order valence-corrected chi connectivity index (χ4v) is 1.71. The highest BCUT2D eigenvalue weighted by Gasteiger charge is 2.48. The van der Waals surface area contributed by atoms with E-state index in [1.54, 1.807) is 0 Å². The van der Waals surface area contributed by atoms with Gasteiger partial charge in [0, 0.05) is 12.0 Å². The maximum Gasteiger partial charge on any atom is 0.331 e. The van der Waals surface area contributed by atoms with Crippen molar-refractivity contribution < 1.29 is 9.53 Å². The van der Waals surface area contributed by atoms with Crippen LogP contribution in [0.25, 0.3) is 0 Å². The predicted molar refractivity (Wildman–Crippen MR) is 40.9 cm³/mol. The van der Waals surface area contributed by atoms with Gasteiger partial charge in [-0.2, -0.15) is 0 Å². The molecule has 11 heavy (non-hydrogen) atoms. The van der Waals surface area contributed by atoms with Crippen molar-refractivity contribution >= 4 is 5.97 Å². The van der Waals surface area contributed by atoms with E-state index in [1.807, 2.05) is 12.2 Å². The van der Waals surface area contributed by atoms with Gasteiger partial charge in [-0.15, -0.1) is 6.58 Å². The molecule has 0 unspecified atom stereocenters. The smallest absolute Gasteiger partial charge is 0.331 e. The quantitative estimate of drug-likeness (QED) is 0.417. The Hall–Kier alpha value is -1.05. The van der Waals surface area contributed by atoms with Crippen molar-refractivity contribution in [2.75, 3.05) is 0 Å². The van der Waals surface area contributed by atoms with Crippen molar-refractivity contribution in [3.8, 4) is 0 Å². The zero-order chi connectivity index (χ0) is 7.90. The summed E-state index contributed by atoms with van der Waals surface area (Å²) in [6.07, 6.45) is 7.28. The molecule has 0 bridgehead atoms. The molecule has 1 aliphatic heterocycles. The number of hydrogen-bond acceptors (Lipinski definition) is 2. The van der Waals surface area contributed by atoms with E-state index in [0.717, 1.165) is 12.8 Å². The van der Waals surface area contributed by atoms with Crippen molar-refractivity contribution in [3.05, 3.63) is 24.8 Å². The van der Waals surface area contributed by atoms with Gasteiger partial charge in [-0.1, -0.05) is 6.08 Å². The first-order chi connectivity index (χ1) is 5.27. The van der Waals surface area contributed by atoms with Crippen LogP contribution in [-0.2, 0) is 9.53 Å². The van der Waals surface area contributed by atoms with E-state index in [2.05, 4.69) is 6.58 Å². The Morgan fingerprint density at radius 2 is 2.64 bits per heavy atom. The standard InChI is InChI=1S/C9H10O2/c1-2-7-3-5-9(7)6-4-8(10)11-9/h2,4,6-7H,1,3,5H2/t7-,9+/m1/s1. The van der Waals surface area contributed by atoms with Gasteiger partial charge < -0.3 is 4.74 Å². The maximum atomic E-state index is 10.8. The molecular weight excluding hydrogens is 140 g/mol. The lowest BCUT2D eigenvalue weighted by atomic mass is 9.70. The Kier molecular flexibility index (Phi) is 1.19. The zero-order valence-electron chi connectivity index (χ0n) is 6.25. The SMILES string of the molecule is C=C[C@@H]1CC[C@]12C=CC(=O)O2. The number of esters is 1. The lowest BCUT2D eigenvalue weighted by molar-refractivity contribution is -0.156. The van der Waals surface area contributed by atoms with E-state index in [9.17, 15) is 4.79 Å². The third-order valence-electron chi connectivity index (χ3n) is 2.55. The summed E-state index contributed by atoms with van der Waals surface area (Å²) in [6.45, 7) is 3.70. The summed E-state index contributed by atoms with van der Waals surface area (Å²) in [4.78, 5) is 10.8. The van der Waals surface area contributed by atoms with Gasteiger partial charge in [0.05, 0.1) is 0 Å². The summed E-state index contributed by atoms with van der Waals surface area (Å²) in [5.74, 6) is 0.127. The lowest BCUT2D eigenvalue weighted by Gasteiger charge is -2.42. The molecule has 1 saturated carbocycles. The van der Waals surface area contributed by atoms with Gasteiger partial charge in [-0.3, -0.25) is 0 Å². The first kappa shape index (κ1) is 6.65. The summed E-state index contributed by atoms with van der Waals surface area (Å²) in [7, 11) is 0. The van der Waals surface area contributed by atoms with Crippen LogP contribution in [0.5, 0.6) is 0 Å². The highest BCUT2D eigenvalue weighted by molar-refractivity contribution is 5.85. The minimum absolute atomic E-state index is 0.212. The summed E-state index contributed by atoms with van der Waals surface area (Å²) in [5.41, 5.74) is -0.293. The van der Waals surface area contributed by atoms with E-state index in [0.29, 0.717) is 5.92 Å². The average molecular weight is 150 g/mol. The summed E-state index contributed by atoms with van der Waals surface area (Å²) >= 11 is 0. The molecule has 2 nitrogen and oxygen atoms in total. The third-order valence-corrected chi connectivity index (χ3v) is 2.55. The van der Waals surface area contributed by atoms with Gasteiger partial charge in [0.15, 0.2) is 0 Å².